The lowest BCUT2D eigenvalue weighted by Crippen LogP contribution is -2.50. The van der Waals surface area contributed by atoms with Gasteiger partial charge in [0.25, 0.3) is 5.91 Å². The van der Waals surface area contributed by atoms with Gasteiger partial charge < -0.3 is 15.4 Å². The highest BCUT2D eigenvalue weighted by atomic mass is 16.5. The van der Waals surface area contributed by atoms with E-state index in [1.807, 2.05) is 4.90 Å². The molecule has 3 N–H and O–H groups in total. The van der Waals surface area contributed by atoms with E-state index in [1.54, 1.807) is 0 Å². The number of carbonyl (C=O) groups is 1. The molecule has 3 heterocycles. The van der Waals surface area contributed by atoms with Crippen molar-refractivity contribution in [1.29, 1.82) is 0 Å². The van der Waals surface area contributed by atoms with Crippen LogP contribution in [0.4, 0.5) is 0 Å². The van der Waals surface area contributed by atoms with Gasteiger partial charge in [-0.1, -0.05) is 0 Å². The number of nitrogens with one attached hydrogen (secondary N) is 1. The van der Waals surface area contributed by atoms with Crippen LogP contribution in [0.1, 0.15) is 21.7 Å². The first-order valence-corrected chi connectivity index (χ1v) is 7.15. The summed E-state index contributed by atoms with van der Waals surface area (Å²) in [6.07, 6.45) is 0.805. The summed E-state index contributed by atoms with van der Waals surface area (Å²) >= 11 is 0. The number of ether oxygens (including phenoxy) is 1. The van der Waals surface area contributed by atoms with Crippen LogP contribution in [0.3, 0.4) is 0 Å². The summed E-state index contributed by atoms with van der Waals surface area (Å²) in [6, 6.07) is 0. The molecule has 7 heteroatoms. The van der Waals surface area contributed by atoms with Gasteiger partial charge in [-0.2, -0.15) is 5.10 Å². The zero-order valence-electron chi connectivity index (χ0n) is 11.6. The molecule has 0 atom stereocenters. The van der Waals surface area contributed by atoms with Crippen molar-refractivity contribution in [1.82, 2.24) is 20.0 Å². The molecule has 7 nitrogen and oxygen atoms in total. The molecule has 0 saturated carbocycles. The number of hydrogen-bond acceptors (Lipinski definition) is 5. The maximum absolute atomic E-state index is 12.5. The summed E-state index contributed by atoms with van der Waals surface area (Å²) in [7, 11) is 0. The van der Waals surface area contributed by atoms with Gasteiger partial charge in [-0.05, 0) is 0 Å². The number of H-pyrrole nitrogens is 1. The standard InChI is InChI=1S/C13H21N5O2/c14-2-3-17-4-6-18(7-5-17)13(19)12-10-9-20-8-1-11(10)15-16-12/h1-9,14H2,(H,15,16). The normalized spacial score (nSPS) is 19.9. The molecule has 1 aromatic rings. The van der Waals surface area contributed by atoms with Gasteiger partial charge in [-0.3, -0.25) is 14.8 Å². The summed E-state index contributed by atoms with van der Waals surface area (Å²) in [5.74, 6) is 0.0143. The Morgan fingerprint density at radius 3 is 2.90 bits per heavy atom. The van der Waals surface area contributed by atoms with Gasteiger partial charge in [0.05, 0.1) is 13.2 Å². The summed E-state index contributed by atoms with van der Waals surface area (Å²) in [5, 5.41) is 7.17. The predicted octanol–water partition coefficient (Wildman–Crippen LogP) is -0.801. The summed E-state index contributed by atoms with van der Waals surface area (Å²) in [5.41, 5.74) is 8.07. The van der Waals surface area contributed by atoms with Gasteiger partial charge in [0.1, 0.15) is 0 Å². The molecule has 110 valence electrons. The SMILES string of the molecule is NCCN1CCN(C(=O)c2n[nH]c3c2COCC3)CC1. The fourth-order valence-electron chi connectivity index (χ4n) is 2.80. The Balaban J connectivity index is 1.66. The Labute approximate surface area is 118 Å². The maximum Gasteiger partial charge on any atom is 0.274 e. The van der Waals surface area contributed by atoms with E-state index < -0.39 is 0 Å². The number of nitrogens with zero attached hydrogens (tertiary/aromatic N) is 3. The van der Waals surface area contributed by atoms with Gasteiger partial charge >= 0.3 is 0 Å². The number of hydrogen-bond donors (Lipinski definition) is 2. The molecule has 0 spiro atoms. The van der Waals surface area contributed by atoms with Crippen LogP contribution >= 0.6 is 0 Å². The number of amides is 1. The van der Waals surface area contributed by atoms with Gasteiger partial charge in [-0.25, -0.2) is 0 Å². The Morgan fingerprint density at radius 2 is 2.15 bits per heavy atom. The highest BCUT2D eigenvalue weighted by Gasteiger charge is 2.28. The van der Waals surface area contributed by atoms with Gasteiger partial charge in [0.2, 0.25) is 0 Å². The number of piperazine rings is 1. The molecule has 3 rings (SSSR count). The van der Waals surface area contributed by atoms with E-state index in [-0.39, 0.29) is 5.91 Å². The topological polar surface area (TPSA) is 87.5 Å². The Kier molecular flexibility index (Phi) is 4.00. The smallest absolute Gasteiger partial charge is 0.274 e. The van der Waals surface area contributed by atoms with Crippen molar-refractivity contribution in [3.05, 3.63) is 17.0 Å². The van der Waals surface area contributed by atoms with Crippen LogP contribution < -0.4 is 5.73 Å². The number of fused-ring (bicyclic) bond motifs is 1. The second kappa shape index (κ2) is 5.90. The van der Waals surface area contributed by atoms with E-state index in [4.69, 9.17) is 10.5 Å². The Bertz CT molecular complexity index is 479. The van der Waals surface area contributed by atoms with Crippen LogP contribution in [-0.2, 0) is 17.8 Å². The molecular weight excluding hydrogens is 258 g/mol. The summed E-state index contributed by atoms with van der Waals surface area (Å²) < 4.78 is 5.43. The molecule has 0 radical (unpaired) electrons. The van der Waals surface area contributed by atoms with E-state index in [2.05, 4.69) is 15.1 Å². The van der Waals surface area contributed by atoms with Gasteiger partial charge in [0.15, 0.2) is 5.69 Å². The lowest BCUT2D eigenvalue weighted by atomic mass is 10.1. The zero-order chi connectivity index (χ0) is 13.9. The predicted molar refractivity (Wildman–Crippen MR) is 73.3 cm³/mol. The van der Waals surface area contributed by atoms with E-state index in [9.17, 15) is 4.79 Å². The number of nitrogens with two attached hydrogens (primary N) is 1. The quantitative estimate of drug-likeness (QED) is 0.756. The summed E-state index contributed by atoms with van der Waals surface area (Å²) in [6.45, 7) is 5.98. The third-order valence-electron chi connectivity index (χ3n) is 4.00. The minimum absolute atomic E-state index is 0.0143. The average molecular weight is 279 g/mol. The van der Waals surface area contributed by atoms with Crippen molar-refractivity contribution in [3.63, 3.8) is 0 Å². The molecule has 0 unspecified atom stereocenters. The second-order valence-corrected chi connectivity index (χ2v) is 5.25. The molecule has 1 amide bonds. The minimum Gasteiger partial charge on any atom is -0.376 e. The van der Waals surface area contributed by atoms with E-state index in [1.165, 1.54) is 0 Å². The van der Waals surface area contributed by atoms with Crippen LogP contribution in [0, 0.1) is 0 Å². The van der Waals surface area contributed by atoms with Crippen molar-refractivity contribution >= 4 is 5.91 Å². The fourth-order valence-corrected chi connectivity index (χ4v) is 2.80. The summed E-state index contributed by atoms with van der Waals surface area (Å²) in [4.78, 5) is 16.7. The van der Waals surface area contributed by atoms with E-state index in [0.29, 0.717) is 25.5 Å². The molecule has 1 fully saturated rings. The Hall–Kier alpha value is -1.44. The van der Waals surface area contributed by atoms with Crippen molar-refractivity contribution in [2.45, 2.75) is 13.0 Å². The molecule has 0 aromatic carbocycles. The molecule has 0 aliphatic carbocycles. The van der Waals surface area contributed by atoms with Crippen molar-refractivity contribution in [2.24, 2.45) is 5.73 Å². The molecular formula is C13H21N5O2. The highest BCUT2D eigenvalue weighted by Crippen LogP contribution is 2.20. The number of aromatic nitrogens is 2. The zero-order valence-corrected chi connectivity index (χ0v) is 11.6. The molecule has 20 heavy (non-hydrogen) atoms. The van der Waals surface area contributed by atoms with Gasteiger partial charge in [0, 0.05) is 56.9 Å². The number of carbonyl (C=O) groups excluding carboxylic acids is 1. The van der Waals surface area contributed by atoms with Crippen LogP contribution in [0.25, 0.3) is 0 Å². The van der Waals surface area contributed by atoms with E-state index >= 15 is 0 Å². The average Bonchev–Trinajstić information content (AvgIpc) is 2.92. The van der Waals surface area contributed by atoms with Crippen molar-refractivity contribution < 1.29 is 9.53 Å². The molecule has 0 bridgehead atoms. The molecule has 1 saturated heterocycles. The minimum atomic E-state index is 0.0143. The monoisotopic (exact) mass is 279 g/mol. The number of rotatable bonds is 3. The maximum atomic E-state index is 12.5. The molecule has 2 aliphatic rings. The molecule has 2 aliphatic heterocycles. The van der Waals surface area contributed by atoms with Crippen molar-refractivity contribution in [2.75, 3.05) is 45.9 Å². The van der Waals surface area contributed by atoms with Crippen molar-refractivity contribution in [3.8, 4) is 0 Å². The van der Waals surface area contributed by atoms with Crippen LogP contribution in [-0.4, -0.2) is 71.8 Å². The van der Waals surface area contributed by atoms with Gasteiger partial charge in [-0.15, -0.1) is 0 Å². The third-order valence-corrected chi connectivity index (χ3v) is 4.00. The highest BCUT2D eigenvalue weighted by molar-refractivity contribution is 5.94. The lowest BCUT2D eigenvalue weighted by Gasteiger charge is -2.34. The second-order valence-electron chi connectivity index (χ2n) is 5.25. The first-order valence-electron chi connectivity index (χ1n) is 7.15. The third kappa shape index (κ3) is 2.56. The number of aromatic amines is 1. The first-order chi connectivity index (χ1) is 9.79. The van der Waals surface area contributed by atoms with E-state index in [0.717, 1.165) is 50.4 Å². The van der Waals surface area contributed by atoms with Crippen LogP contribution in [0.15, 0.2) is 0 Å². The largest absolute Gasteiger partial charge is 0.376 e. The molecule has 1 aromatic heterocycles. The van der Waals surface area contributed by atoms with Crippen LogP contribution in [0.5, 0.6) is 0 Å². The fraction of sp³-hybridized carbons (Fsp3) is 0.692. The Morgan fingerprint density at radius 1 is 1.35 bits per heavy atom. The first kappa shape index (κ1) is 13.5. The van der Waals surface area contributed by atoms with Crippen LogP contribution in [0.2, 0.25) is 0 Å². The lowest BCUT2D eigenvalue weighted by molar-refractivity contribution is 0.0625.